The Morgan fingerprint density at radius 1 is 0.361 bits per heavy atom. The van der Waals surface area contributed by atoms with E-state index >= 15 is 0 Å². The summed E-state index contributed by atoms with van der Waals surface area (Å²) >= 11 is 0. The summed E-state index contributed by atoms with van der Waals surface area (Å²) in [6.07, 6.45) is 0. The topological polar surface area (TPSA) is 16.4 Å². The minimum Gasteiger partial charge on any atom is -0.456 e. The van der Waals surface area contributed by atoms with Crippen LogP contribution in [0.4, 0.5) is 17.1 Å². The van der Waals surface area contributed by atoms with Crippen molar-refractivity contribution in [3.63, 3.8) is 0 Å². The van der Waals surface area contributed by atoms with Gasteiger partial charge in [-0.15, -0.1) is 0 Å². The summed E-state index contributed by atoms with van der Waals surface area (Å²) in [6, 6.07) is 77.6. The highest BCUT2D eigenvalue weighted by Crippen LogP contribution is 2.51. The average molecular weight is 780 g/mol. The highest BCUT2D eigenvalue weighted by molar-refractivity contribution is 6.13. The van der Waals surface area contributed by atoms with Crippen LogP contribution in [0.1, 0.15) is 25.0 Å². The van der Waals surface area contributed by atoms with E-state index in [0.29, 0.717) is 0 Å². The summed E-state index contributed by atoms with van der Waals surface area (Å²) in [5.74, 6) is 0. The van der Waals surface area contributed by atoms with Gasteiger partial charge in [0.1, 0.15) is 11.2 Å². The fourth-order valence-corrected chi connectivity index (χ4v) is 10.1. The van der Waals surface area contributed by atoms with Gasteiger partial charge in [-0.1, -0.05) is 178 Å². The van der Waals surface area contributed by atoms with Crippen molar-refractivity contribution in [2.75, 3.05) is 4.90 Å². The van der Waals surface area contributed by atoms with Crippen LogP contribution < -0.4 is 4.90 Å². The standard InChI is InChI=1S/C59H41NO/c1-59(2)53-27-8-5-22-50(53)51-34-32-41(37-54(51)59)46-21-6-9-28-55(46)60(43-19-12-17-40(36-43)47-25-14-30-57-58(47)52-23-7-10-29-56(52)61-57)42-18-11-16-39(35-42)45-24-13-26-48-44-20-4-3-15-38(44)31-33-49(45)48/h3-37H,1-2H3. The molecular formula is C59H41NO. The maximum atomic E-state index is 6.36. The lowest BCUT2D eigenvalue weighted by atomic mass is 9.81. The normalized spacial score (nSPS) is 12.9. The molecule has 0 amide bonds. The molecule has 1 heterocycles. The molecule has 1 aliphatic rings. The van der Waals surface area contributed by atoms with E-state index in [0.717, 1.165) is 50.1 Å². The van der Waals surface area contributed by atoms with E-state index in [-0.39, 0.29) is 5.41 Å². The van der Waals surface area contributed by atoms with Crippen molar-refractivity contribution in [3.05, 3.63) is 223 Å². The zero-order valence-corrected chi connectivity index (χ0v) is 34.1. The van der Waals surface area contributed by atoms with Gasteiger partial charge in [0.2, 0.25) is 0 Å². The van der Waals surface area contributed by atoms with Crippen LogP contribution in [0, 0.1) is 0 Å². The van der Waals surface area contributed by atoms with E-state index in [9.17, 15) is 0 Å². The van der Waals surface area contributed by atoms with Crippen molar-refractivity contribution < 1.29 is 4.42 Å². The molecule has 0 unspecified atom stereocenters. The van der Waals surface area contributed by atoms with Crippen LogP contribution in [0.2, 0.25) is 0 Å². The van der Waals surface area contributed by atoms with Crippen LogP contribution >= 0.6 is 0 Å². The summed E-state index contributed by atoms with van der Waals surface area (Å²) in [7, 11) is 0. The van der Waals surface area contributed by atoms with Gasteiger partial charge in [0.05, 0.1) is 5.69 Å². The fraction of sp³-hybridized carbons (Fsp3) is 0.0508. The molecule has 0 saturated heterocycles. The van der Waals surface area contributed by atoms with Crippen molar-refractivity contribution in [1.29, 1.82) is 0 Å². The van der Waals surface area contributed by atoms with E-state index in [1.54, 1.807) is 0 Å². The Balaban J connectivity index is 1.06. The van der Waals surface area contributed by atoms with Gasteiger partial charge < -0.3 is 9.32 Å². The number of furan rings is 1. The average Bonchev–Trinajstić information content (AvgIpc) is 3.81. The Morgan fingerprint density at radius 2 is 0.951 bits per heavy atom. The van der Waals surface area contributed by atoms with Crippen molar-refractivity contribution >= 4 is 60.5 Å². The van der Waals surface area contributed by atoms with Crippen molar-refractivity contribution in [2.45, 2.75) is 19.3 Å². The number of para-hydroxylation sites is 2. The van der Waals surface area contributed by atoms with Gasteiger partial charge in [-0.2, -0.15) is 0 Å². The molecule has 10 aromatic carbocycles. The second kappa shape index (κ2) is 13.7. The molecular weight excluding hydrogens is 739 g/mol. The van der Waals surface area contributed by atoms with Gasteiger partial charge in [-0.25, -0.2) is 0 Å². The molecule has 0 radical (unpaired) electrons. The molecule has 0 atom stereocenters. The van der Waals surface area contributed by atoms with Crippen molar-refractivity contribution in [2.24, 2.45) is 0 Å². The molecule has 0 N–H and O–H groups in total. The number of anilines is 3. The van der Waals surface area contributed by atoms with Gasteiger partial charge in [0.15, 0.2) is 0 Å². The van der Waals surface area contributed by atoms with E-state index in [1.807, 2.05) is 6.07 Å². The molecule has 0 aliphatic heterocycles. The van der Waals surface area contributed by atoms with Crippen LogP contribution in [0.15, 0.2) is 217 Å². The summed E-state index contributed by atoms with van der Waals surface area (Å²) in [5, 5.41) is 7.29. The molecule has 2 heteroatoms. The molecule has 1 aromatic heterocycles. The Labute approximate surface area is 355 Å². The van der Waals surface area contributed by atoms with Gasteiger partial charge >= 0.3 is 0 Å². The number of nitrogens with zero attached hydrogens (tertiary/aromatic N) is 1. The van der Waals surface area contributed by atoms with Crippen LogP contribution in [0.25, 0.3) is 88.0 Å². The Bertz CT molecular complexity index is 3530. The quantitative estimate of drug-likeness (QED) is 0.156. The molecule has 12 rings (SSSR count). The maximum absolute atomic E-state index is 6.36. The van der Waals surface area contributed by atoms with Crippen molar-refractivity contribution in [3.8, 4) is 44.5 Å². The zero-order valence-electron chi connectivity index (χ0n) is 34.1. The van der Waals surface area contributed by atoms with E-state index in [2.05, 4.69) is 225 Å². The number of hydrogen-bond acceptors (Lipinski definition) is 2. The Kier molecular flexibility index (Phi) is 7.92. The molecule has 0 spiro atoms. The van der Waals surface area contributed by atoms with Gasteiger partial charge in [-0.3, -0.25) is 0 Å². The van der Waals surface area contributed by atoms with Crippen LogP contribution in [-0.4, -0.2) is 0 Å². The first-order valence-electron chi connectivity index (χ1n) is 21.2. The van der Waals surface area contributed by atoms with Crippen LogP contribution in [0.5, 0.6) is 0 Å². The van der Waals surface area contributed by atoms with E-state index in [4.69, 9.17) is 4.42 Å². The van der Waals surface area contributed by atoms with E-state index in [1.165, 1.54) is 66.1 Å². The minimum atomic E-state index is -0.110. The summed E-state index contributed by atoms with van der Waals surface area (Å²) in [4.78, 5) is 2.45. The first-order chi connectivity index (χ1) is 30.0. The number of benzene rings is 10. The second-order valence-electron chi connectivity index (χ2n) is 16.8. The maximum Gasteiger partial charge on any atom is 0.136 e. The number of rotatable bonds is 6. The Hall–Kier alpha value is -7.68. The summed E-state index contributed by atoms with van der Waals surface area (Å²) in [6.45, 7) is 4.72. The van der Waals surface area contributed by atoms with Crippen molar-refractivity contribution in [1.82, 2.24) is 0 Å². The third-order valence-corrected chi connectivity index (χ3v) is 13.1. The molecule has 0 bridgehead atoms. The molecule has 0 fully saturated rings. The second-order valence-corrected chi connectivity index (χ2v) is 16.8. The molecule has 11 aromatic rings. The summed E-state index contributed by atoms with van der Waals surface area (Å²) in [5.41, 5.74) is 17.4. The highest BCUT2D eigenvalue weighted by Gasteiger charge is 2.35. The molecule has 2 nitrogen and oxygen atoms in total. The predicted octanol–water partition coefficient (Wildman–Crippen LogP) is 16.7. The number of hydrogen-bond donors (Lipinski definition) is 0. The lowest BCUT2D eigenvalue weighted by Crippen LogP contribution is -2.15. The molecule has 1 aliphatic carbocycles. The van der Waals surface area contributed by atoms with E-state index < -0.39 is 0 Å². The molecule has 0 saturated carbocycles. The monoisotopic (exact) mass is 779 g/mol. The first kappa shape index (κ1) is 35.3. The lowest BCUT2D eigenvalue weighted by molar-refractivity contribution is 0.660. The highest BCUT2D eigenvalue weighted by atomic mass is 16.3. The minimum absolute atomic E-state index is 0.110. The largest absolute Gasteiger partial charge is 0.456 e. The first-order valence-corrected chi connectivity index (χ1v) is 21.2. The Morgan fingerprint density at radius 3 is 1.80 bits per heavy atom. The SMILES string of the molecule is CC1(C)c2ccccc2-c2ccc(-c3ccccc3N(c3cccc(-c4cccc5c4ccc4ccccc45)c3)c3cccc(-c4cccc5oc6ccccc6c45)c3)cc21. The van der Waals surface area contributed by atoms with Gasteiger partial charge in [-0.05, 0) is 120 Å². The lowest BCUT2D eigenvalue weighted by Gasteiger charge is -2.29. The van der Waals surface area contributed by atoms with Crippen LogP contribution in [0.3, 0.4) is 0 Å². The molecule has 61 heavy (non-hydrogen) atoms. The third kappa shape index (κ3) is 5.56. The fourth-order valence-electron chi connectivity index (χ4n) is 10.1. The number of fused-ring (bicyclic) bond motifs is 9. The predicted molar refractivity (Wildman–Crippen MR) is 257 cm³/mol. The third-order valence-electron chi connectivity index (χ3n) is 13.1. The molecule has 288 valence electrons. The van der Waals surface area contributed by atoms with Gasteiger partial charge in [0.25, 0.3) is 0 Å². The van der Waals surface area contributed by atoms with Crippen LogP contribution in [-0.2, 0) is 5.41 Å². The summed E-state index contributed by atoms with van der Waals surface area (Å²) < 4.78 is 6.36. The smallest absolute Gasteiger partial charge is 0.136 e. The van der Waals surface area contributed by atoms with Gasteiger partial charge in [0, 0.05) is 33.1 Å². The zero-order chi connectivity index (χ0) is 40.7.